The summed E-state index contributed by atoms with van der Waals surface area (Å²) in [4.78, 5) is 10.6. The second-order valence-electron chi connectivity index (χ2n) is 5.78. The van der Waals surface area contributed by atoms with Crippen molar-refractivity contribution >= 4 is 11.9 Å². The highest BCUT2D eigenvalue weighted by Gasteiger charge is 2.10. The van der Waals surface area contributed by atoms with Crippen LogP contribution in [0.1, 0.15) is 61.3 Å². The quantitative estimate of drug-likeness (QED) is 0.464. The van der Waals surface area contributed by atoms with Gasteiger partial charge in [-0.2, -0.15) is 0 Å². The van der Waals surface area contributed by atoms with Crippen molar-refractivity contribution < 1.29 is 9.68 Å². The Labute approximate surface area is 118 Å². The van der Waals surface area contributed by atoms with Crippen LogP contribution in [0.5, 0.6) is 0 Å². The van der Waals surface area contributed by atoms with Gasteiger partial charge in [-0.05, 0) is 52.4 Å². The van der Waals surface area contributed by atoms with Crippen LogP contribution in [0.2, 0.25) is 0 Å². The fourth-order valence-electron chi connectivity index (χ4n) is 1.29. The maximum absolute atomic E-state index is 5.38. The van der Waals surface area contributed by atoms with Crippen LogP contribution in [0.15, 0.2) is 10.3 Å². The summed E-state index contributed by atoms with van der Waals surface area (Å²) in [6, 6.07) is 0. The summed E-state index contributed by atoms with van der Waals surface area (Å²) in [5.41, 5.74) is 1.03. The lowest BCUT2D eigenvalue weighted by molar-refractivity contribution is 0.0631. The van der Waals surface area contributed by atoms with E-state index in [1.54, 1.807) is 0 Å². The molecule has 0 aromatic heterocycles. The molecule has 0 heterocycles. The first-order valence-corrected chi connectivity index (χ1v) is 7.22. The Morgan fingerprint density at radius 2 is 1.63 bits per heavy atom. The molecule has 2 unspecified atom stereocenters. The monoisotopic (exact) mass is 270 g/mol. The highest BCUT2D eigenvalue weighted by Crippen LogP contribution is 2.12. The Balaban J connectivity index is 3.94. The first kappa shape index (κ1) is 17.9. The Bertz CT molecular complexity index is 286. The molecule has 0 fully saturated rings. The SMILES string of the molecule is C/C(=N\OC(C)C)C(C)CCC(C)O/N=C/C(C)C. The molecule has 2 atom stereocenters. The van der Waals surface area contributed by atoms with Crippen LogP contribution in [0.3, 0.4) is 0 Å². The van der Waals surface area contributed by atoms with E-state index >= 15 is 0 Å². The highest BCUT2D eigenvalue weighted by atomic mass is 16.6. The largest absolute Gasteiger partial charge is 0.393 e. The summed E-state index contributed by atoms with van der Waals surface area (Å²) < 4.78 is 0. The van der Waals surface area contributed by atoms with E-state index in [0.29, 0.717) is 11.8 Å². The third kappa shape index (κ3) is 10.5. The van der Waals surface area contributed by atoms with Crippen LogP contribution in [0, 0.1) is 11.8 Å². The molecule has 112 valence electrons. The molecule has 19 heavy (non-hydrogen) atoms. The first-order chi connectivity index (χ1) is 8.82. The van der Waals surface area contributed by atoms with Crippen molar-refractivity contribution in [2.24, 2.45) is 22.1 Å². The summed E-state index contributed by atoms with van der Waals surface area (Å²) in [5.74, 6) is 0.826. The van der Waals surface area contributed by atoms with Gasteiger partial charge in [0.1, 0.15) is 12.2 Å². The van der Waals surface area contributed by atoms with Crippen LogP contribution < -0.4 is 0 Å². The Morgan fingerprint density at radius 3 is 2.16 bits per heavy atom. The van der Waals surface area contributed by atoms with Gasteiger partial charge in [-0.25, -0.2) is 0 Å². The highest BCUT2D eigenvalue weighted by molar-refractivity contribution is 5.83. The topological polar surface area (TPSA) is 43.2 Å². The molecule has 0 radical (unpaired) electrons. The molecule has 0 aliphatic rings. The van der Waals surface area contributed by atoms with Crippen LogP contribution in [0.4, 0.5) is 0 Å². The van der Waals surface area contributed by atoms with Crippen molar-refractivity contribution in [3.63, 3.8) is 0 Å². The minimum absolute atomic E-state index is 0.134. The number of hydrogen-bond donors (Lipinski definition) is 0. The smallest absolute Gasteiger partial charge is 0.124 e. The molecule has 0 rings (SSSR count). The molecule has 0 aliphatic heterocycles. The lowest BCUT2D eigenvalue weighted by atomic mass is 9.99. The molecule has 0 aromatic carbocycles. The summed E-state index contributed by atoms with van der Waals surface area (Å²) in [7, 11) is 0. The maximum atomic E-state index is 5.38. The van der Waals surface area contributed by atoms with Gasteiger partial charge in [0, 0.05) is 6.21 Å². The van der Waals surface area contributed by atoms with Crippen molar-refractivity contribution in [2.45, 2.75) is 73.5 Å². The maximum Gasteiger partial charge on any atom is 0.124 e. The van der Waals surface area contributed by atoms with E-state index in [0.717, 1.165) is 18.6 Å². The molecule has 0 saturated heterocycles. The van der Waals surface area contributed by atoms with Crippen molar-refractivity contribution in [3.05, 3.63) is 0 Å². The third-order valence-electron chi connectivity index (χ3n) is 2.73. The predicted octanol–water partition coefficient (Wildman–Crippen LogP) is 4.25. The molecular formula is C15H30N2O2. The van der Waals surface area contributed by atoms with E-state index in [1.165, 1.54) is 0 Å². The van der Waals surface area contributed by atoms with Gasteiger partial charge in [0.25, 0.3) is 0 Å². The van der Waals surface area contributed by atoms with Crippen molar-refractivity contribution in [1.82, 2.24) is 0 Å². The summed E-state index contributed by atoms with van der Waals surface area (Å²) in [6.07, 6.45) is 4.08. The van der Waals surface area contributed by atoms with Crippen molar-refractivity contribution in [3.8, 4) is 0 Å². The van der Waals surface area contributed by atoms with Gasteiger partial charge in [-0.1, -0.05) is 31.1 Å². The average Bonchev–Trinajstić information content (AvgIpc) is 2.32. The first-order valence-electron chi connectivity index (χ1n) is 7.22. The molecule has 4 heteroatoms. The third-order valence-corrected chi connectivity index (χ3v) is 2.73. The van der Waals surface area contributed by atoms with Gasteiger partial charge < -0.3 is 9.68 Å². The Hall–Kier alpha value is -1.06. The van der Waals surface area contributed by atoms with Gasteiger partial charge in [0.15, 0.2) is 0 Å². The van der Waals surface area contributed by atoms with E-state index < -0.39 is 0 Å². The van der Waals surface area contributed by atoms with Gasteiger partial charge in [0.2, 0.25) is 0 Å². The minimum atomic E-state index is 0.134. The average molecular weight is 270 g/mol. The number of oxime groups is 2. The van der Waals surface area contributed by atoms with E-state index in [9.17, 15) is 0 Å². The normalized spacial score (nSPS) is 16.2. The van der Waals surface area contributed by atoms with Crippen LogP contribution in [0.25, 0.3) is 0 Å². The molecule has 0 bridgehead atoms. The molecule has 4 nitrogen and oxygen atoms in total. The molecule has 0 N–H and O–H groups in total. The van der Waals surface area contributed by atoms with Crippen LogP contribution in [-0.2, 0) is 9.68 Å². The van der Waals surface area contributed by atoms with E-state index in [2.05, 4.69) is 31.1 Å². The summed E-state index contributed by atoms with van der Waals surface area (Å²) >= 11 is 0. The van der Waals surface area contributed by atoms with E-state index in [-0.39, 0.29) is 12.2 Å². The lowest BCUT2D eigenvalue weighted by Crippen LogP contribution is -2.13. The second-order valence-corrected chi connectivity index (χ2v) is 5.78. The lowest BCUT2D eigenvalue weighted by Gasteiger charge is -2.14. The fourth-order valence-corrected chi connectivity index (χ4v) is 1.29. The number of rotatable bonds is 9. The zero-order valence-electron chi connectivity index (χ0n) is 13.5. The summed E-state index contributed by atoms with van der Waals surface area (Å²) in [5, 5.41) is 8.11. The zero-order chi connectivity index (χ0) is 14.8. The van der Waals surface area contributed by atoms with Gasteiger partial charge in [-0.15, -0.1) is 0 Å². The standard InChI is InChI=1S/C15H30N2O2/c1-11(2)10-16-19-14(6)9-8-13(5)15(7)17-18-12(3)4/h10-14H,8-9H2,1-7H3/b16-10+,17-15+. The summed E-state index contributed by atoms with van der Waals surface area (Å²) in [6.45, 7) is 14.3. The minimum Gasteiger partial charge on any atom is -0.393 e. The molecule has 0 saturated carbocycles. The van der Waals surface area contributed by atoms with Crippen LogP contribution >= 0.6 is 0 Å². The molecule has 0 amide bonds. The zero-order valence-corrected chi connectivity index (χ0v) is 13.5. The number of hydrogen-bond acceptors (Lipinski definition) is 4. The van der Waals surface area contributed by atoms with Crippen molar-refractivity contribution in [1.29, 1.82) is 0 Å². The Morgan fingerprint density at radius 1 is 1.00 bits per heavy atom. The van der Waals surface area contributed by atoms with Gasteiger partial charge >= 0.3 is 0 Å². The van der Waals surface area contributed by atoms with Gasteiger partial charge in [-0.3, -0.25) is 0 Å². The fraction of sp³-hybridized carbons (Fsp3) is 0.867. The molecule has 0 aromatic rings. The second kappa shape index (κ2) is 9.82. The van der Waals surface area contributed by atoms with E-state index in [1.807, 2.05) is 33.9 Å². The van der Waals surface area contributed by atoms with Crippen molar-refractivity contribution in [2.75, 3.05) is 0 Å². The van der Waals surface area contributed by atoms with Gasteiger partial charge in [0.05, 0.1) is 5.71 Å². The van der Waals surface area contributed by atoms with E-state index in [4.69, 9.17) is 9.68 Å². The predicted molar refractivity (Wildman–Crippen MR) is 81.6 cm³/mol. The van der Waals surface area contributed by atoms with Crippen LogP contribution in [-0.4, -0.2) is 24.1 Å². The number of nitrogens with zero attached hydrogens (tertiary/aromatic N) is 2. The molecular weight excluding hydrogens is 240 g/mol. The molecule has 0 aliphatic carbocycles. The molecule has 0 spiro atoms. The Kier molecular flexibility index (Phi) is 9.27.